The molecule has 0 atom stereocenters. The van der Waals surface area contributed by atoms with Gasteiger partial charge in [-0.15, -0.1) is 0 Å². The molecule has 0 amide bonds. The van der Waals surface area contributed by atoms with E-state index in [0.717, 1.165) is 0 Å². The van der Waals surface area contributed by atoms with Crippen LogP contribution in [0, 0.1) is 0 Å². The van der Waals surface area contributed by atoms with Crippen molar-refractivity contribution in [2.75, 3.05) is 0 Å². The second-order valence-electron chi connectivity index (χ2n) is 18.6. The smallest absolute Gasteiger partial charge is 0.0541 e. The minimum atomic E-state index is -0.145. The van der Waals surface area contributed by atoms with Crippen molar-refractivity contribution in [3.05, 3.63) is 216 Å². The summed E-state index contributed by atoms with van der Waals surface area (Å²) in [7, 11) is 0. The van der Waals surface area contributed by atoms with E-state index < -0.39 is 0 Å². The van der Waals surface area contributed by atoms with Crippen LogP contribution in [-0.2, 0) is 10.8 Å². The summed E-state index contributed by atoms with van der Waals surface area (Å²) >= 11 is 0. The molecule has 294 valence electrons. The molecule has 13 rings (SSSR count). The molecule has 0 spiro atoms. The molecule has 2 aromatic heterocycles. The van der Waals surface area contributed by atoms with Crippen molar-refractivity contribution in [1.29, 1.82) is 0 Å². The first-order valence-corrected chi connectivity index (χ1v) is 21.9. The van der Waals surface area contributed by atoms with Crippen molar-refractivity contribution in [2.24, 2.45) is 0 Å². The summed E-state index contributed by atoms with van der Waals surface area (Å²) in [5.74, 6) is 0. The van der Waals surface area contributed by atoms with Crippen LogP contribution in [0.1, 0.15) is 49.9 Å². The Hall–Kier alpha value is -7.42. The number of aromatic nitrogens is 2. The zero-order chi connectivity index (χ0) is 41.5. The normalized spacial score (nSPS) is 14.4. The van der Waals surface area contributed by atoms with Gasteiger partial charge in [0.05, 0.1) is 22.1 Å². The van der Waals surface area contributed by atoms with Crippen molar-refractivity contribution < 1.29 is 0 Å². The third kappa shape index (κ3) is 4.81. The van der Waals surface area contributed by atoms with Gasteiger partial charge in [-0.1, -0.05) is 143 Å². The van der Waals surface area contributed by atoms with E-state index in [1.165, 1.54) is 122 Å². The Bertz CT molecular complexity index is 3430. The lowest BCUT2D eigenvalue weighted by Crippen LogP contribution is -2.19. The van der Waals surface area contributed by atoms with Gasteiger partial charge in [0.15, 0.2) is 0 Å². The van der Waals surface area contributed by atoms with Gasteiger partial charge >= 0.3 is 0 Å². The van der Waals surface area contributed by atoms with Crippen molar-refractivity contribution in [1.82, 2.24) is 9.13 Å². The fraction of sp³-hybridized carbons (Fsp3) is 0.100. The van der Waals surface area contributed by atoms with Gasteiger partial charge in [-0.05, 0) is 146 Å². The highest BCUT2D eigenvalue weighted by molar-refractivity contribution is 6.12. The lowest BCUT2D eigenvalue weighted by Gasteiger charge is -2.26. The number of benzene rings is 9. The van der Waals surface area contributed by atoms with E-state index in [-0.39, 0.29) is 10.8 Å². The first-order valence-electron chi connectivity index (χ1n) is 21.9. The second-order valence-corrected chi connectivity index (χ2v) is 18.6. The molecular formula is C60H44N2. The van der Waals surface area contributed by atoms with Crippen LogP contribution in [0.3, 0.4) is 0 Å². The summed E-state index contributed by atoms with van der Waals surface area (Å²) in [6, 6.07) is 72.5. The molecule has 0 fully saturated rings. The highest BCUT2D eigenvalue weighted by Crippen LogP contribution is 2.57. The maximum atomic E-state index is 2.55. The number of rotatable bonds is 4. The maximum Gasteiger partial charge on any atom is 0.0541 e. The first-order chi connectivity index (χ1) is 30.3. The number of fused-ring (bicyclic) bond motifs is 12. The minimum Gasteiger partial charge on any atom is -0.309 e. The fourth-order valence-electron chi connectivity index (χ4n) is 11.3. The van der Waals surface area contributed by atoms with E-state index >= 15 is 0 Å². The molecule has 0 N–H and O–H groups in total. The standard InChI is InChI=1S/C60H44N2/c1-59(2)51-33-39(37-25-29-57-49(31-37)45-19-11-13-21-55(45)61(57)41-15-7-5-8-16-41)23-27-43(51)47-35-48-44-28-24-40(34-52(44)60(3,4)54(48)36-53(47)59)38-26-30-58-50(32-38)46-20-12-14-22-56(46)62(58)42-17-9-6-10-18-42/h5-36H,1-4H3. The molecule has 2 nitrogen and oxygen atoms in total. The van der Waals surface area contributed by atoms with Crippen molar-refractivity contribution in [3.8, 4) is 55.9 Å². The van der Waals surface area contributed by atoms with E-state index in [1.54, 1.807) is 0 Å². The Morgan fingerprint density at radius 1 is 0.274 bits per heavy atom. The van der Waals surface area contributed by atoms with Crippen LogP contribution in [0.15, 0.2) is 194 Å². The van der Waals surface area contributed by atoms with Gasteiger partial charge in [0, 0.05) is 43.7 Å². The quantitative estimate of drug-likeness (QED) is 0.168. The lowest BCUT2D eigenvalue weighted by molar-refractivity contribution is 0.639. The maximum absolute atomic E-state index is 2.55. The van der Waals surface area contributed by atoms with Gasteiger partial charge in [-0.25, -0.2) is 0 Å². The van der Waals surface area contributed by atoms with Crippen LogP contribution < -0.4 is 0 Å². The van der Waals surface area contributed by atoms with Gasteiger partial charge < -0.3 is 9.13 Å². The average molecular weight is 793 g/mol. The summed E-state index contributed by atoms with van der Waals surface area (Å²) in [6.45, 7) is 9.68. The second kappa shape index (κ2) is 12.6. The molecule has 2 heteroatoms. The summed E-state index contributed by atoms with van der Waals surface area (Å²) in [5, 5.41) is 5.11. The Morgan fingerprint density at radius 3 is 1.08 bits per heavy atom. The summed E-state index contributed by atoms with van der Waals surface area (Å²) < 4.78 is 4.78. The van der Waals surface area contributed by atoms with Crippen LogP contribution >= 0.6 is 0 Å². The van der Waals surface area contributed by atoms with Crippen LogP contribution in [0.4, 0.5) is 0 Å². The van der Waals surface area contributed by atoms with Gasteiger partial charge in [0.25, 0.3) is 0 Å². The van der Waals surface area contributed by atoms with E-state index in [9.17, 15) is 0 Å². The van der Waals surface area contributed by atoms with E-state index in [0.29, 0.717) is 0 Å². The summed E-state index contributed by atoms with van der Waals surface area (Å²) in [4.78, 5) is 0. The van der Waals surface area contributed by atoms with E-state index in [4.69, 9.17) is 0 Å². The molecule has 11 aromatic rings. The third-order valence-corrected chi connectivity index (χ3v) is 14.5. The number of hydrogen-bond acceptors (Lipinski definition) is 0. The molecule has 2 aliphatic rings. The topological polar surface area (TPSA) is 9.86 Å². The van der Waals surface area contributed by atoms with E-state index in [2.05, 4.69) is 231 Å². The highest BCUT2D eigenvalue weighted by atomic mass is 15.0. The summed E-state index contributed by atoms with van der Waals surface area (Å²) in [6.07, 6.45) is 0. The SMILES string of the molecule is CC1(C)c2cc(-c3ccc4c(c3)c3ccccc3n4-c3ccccc3)ccc2-c2cc3c(cc21)C(C)(C)c1cc(-c2ccc4c(c2)c2ccccc2n4-c2ccccc2)ccc1-3. The molecule has 0 radical (unpaired) electrons. The number of nitrogens with zero attached hydrogens (tertiary/aromatic N) is 2. The molecule has 0 saturated heterocycles. The molecule has 2 heterocycles. The summed E-state index contributed by atoms with van der Waals surface area (Å²) in [5.41, 5.74) is 23.1. The van der Waals surface area contributed by atoms with Crippen LogP contribution in [0.2, 0.25) is 0 Å². The van der Waals surface area contributed by atoms with Crippen LogP contribution in [0.5, 0.6) is 0 Å². The molecule has 9 aromatic carbocycles. The lowest BCUT2D eigenvalue weighted by atomic mass is 9.77. The Labute approximate surface area is 362 Å². The first kappa shape index (κ1) is 35.3. The zero-order valence-corrected chi connectivity index (χ0v) is 35.4. The van der Waals surface area contributed by atoms with Crippen molar-refractivity contribution >= 4 is 43.6 Å². The largest absolute Gasteiger partial charge is 0.309 e. The molecule has 2 aliphatic carbocycles. The molecule has 0 bridgehead atoms. The van der Waals surface area contributed by atoms with Gasteiger partial charge in [0.1, 0.15) is 0 Å². The monoisotopic (exact) mass is 792 g/mol. The molecule has 62 heavy (non-hydrogen) atoms. The Balaban J connectivity index is 0.891. The van der Waals surface area contributed by atoms with Crippen molar-refractivity contribution in [2.45, 2.75) is 38.5 Å². The zero-order valence-electron chi connectivity index (χ0n) is 35.4. The van der Waals surface area contributed by atoms with Crippen molar-refractivity contribution in [3.63, 3.8) is 0 Å². The molecular weight excluding hydrogens is 749 g/mol. The fourth-order valence-corrected chi connectivity index (χ4v) is 11.3. The highest BCUT2D eigenvalue weighted by Gasteiger charge is 2.42. The van der Waals surface area contributed by atoms with Gasteiger partial charge in [-0.2, -0.15) is 0 Å². The predicted molar refractivity (Wildman–Crippen MR) is 261 cm³/mol. The molecule has 0 unspecified atom stereocenters. The molecule has 0 aliphatic heterocycles. The van der Waals surface area contributed by atoms with Gasteiger partial charge in [0.2, 0.25) is 0 Å². The van der Waals surface area contributed by atoms with Crippen LogP contribution in [-0.4, -0.2) is 9.13 Å². The third-order valence-electron chi connectivity index (χ3n) is 14.5. The average Bonchev–Trinajstić information content (AvgIpc) is 3.97. The number of hydrogen-bond donors (Lipinski definition) is 0. The minimum absolute atomic E-state index is 0.145. The van der Waals surface area contributed by atoms with E-state index in [1.807, 2.05) is 0 Å². The number of para-hydroxylation sites is 4. The Morgan fingerprint density at radius 2 is 0.629 bits per heavy atom. The predicted octanol–water partition coefficient (Wildman–Crippen LogP) is 15.8. The molecule has 0 saturated carbocycles. The van der Waals surface area contributed by atoms with Gasteiger partial charge in [-0.3, -0.25) is 0 Å². The van der Waals surface area contributed by atoms with Crippen LogP contribution in [0.25, 0.3) is 99.5 Å². The Kier molecular flexibility index (Phi) is 7.16.